The predicted molar refractivity (Wildman–Crippen MR) is 76.4 cm³/mol. The van der Waals surface area contributed by atoms with Crippen LogP contribution in [0.15, 0.2) is 30.6 Å². The number of nitrogens with two attached hydrogens (primary N) is 1. The summed E-state index contributed by atoms with van der Waals surface area (Å²) in [7, 11) is 0. The summed E-state index contributed by atoms with van der Waals surface area (Å²) in [5.41, 5.74) is 8.75. The number of ether oxygens (including phenoxy) is 1. The Morgan fingerprint density at radius 1 is 1.21 bits per heavy atom. The van der Waals surface area contributed by atoms with E-state index in [1.165, 1.54) is 11.9 Å². The lowest BCUT2D eigenvalue weighted by molar-refractivity contribution is 0.461. The Balaban J connectivity index is 2.23. The Morgan fingerprint density at radius 2 is 2.00 bits per heavy atom. The fourth-order valence-corrected chi connectivity index (χ4v) is 1.75. The Hall–Kier alpha value is -2.10. The molecular weight excluding hydrogens is 238 g/mol. The van der Waals surface area contributed by atoms with E-state index in [-0.39, 0.29) is 0 Å². The van der Waals surface area contributed by atoms with E-state index < -0.39 is 0 Å². The molecule has 19 heavy (non-hydrogen) atoms. The van der Waals surface area contributed by atoms with Gasteiger partial charge in [0.15, 0.2) is 5.75 Å². The van der Waals surface area contributed by atoms with Crippen LogP contribution in [0.3, 0.4) is 0 Å². The van der Waals surface area contributed by atoms with Crippen molar-refractivity contribution in [2.24, 2.45) is 0 Å². The van der Waals surface area contributed by atoms with Gasteiger partial charge >= 0.3 is 0 Å². The van der Waals surface area contributed by atoms with Gasteiger partial charge in [-0.25, -0.2) is 9.97 Å². The van der Waals surface area contributed by atoms with Crippen LogP contribution in [0.4, 0.5) is 5.69 Å². The van der Waals surface area contributed by atoms with Gasteiger partial charge in [-0.1, -0.05) is 26.8 Å². The van der Waals surface area contributed by atoms with Gasteiger partial charge in [0.25, 0.3) is 0 Å². The molecule has 1 aromatic heterocycles. The van der Waals surface area contributed by atoms with Gasteiger partial charge in [0, 0.05) is 6.07 Å². The van der Waals surface area contributed by atoms with E-state index in [9.17, 15) is 0 Å². The molecule has 1 aromatic carbocycles. The maximum Gasteiger partial charge on any atom is 0.222 e. The highest BCUT2D eigenvalue weighted by Gasteiger charge is 2.07. The zero-order valence-corrected chi connectivity index (χ0v) is 11.6. The highest BCUT2D eigenvalue weighted by Crippen LogP contribution is 2.28. The Kier molecular flexibility index (Phi) is 4.00. The van der Waals surface area contributed by atoms with E-state index in [0.717, 1.165) is 12.1 Å². The fraction of sp³-hybridized carbons (Fsp3) is 0.333. The van der Waals surface area contributed by atoms with Crippen LogP contribution in [0, 0.1) is 0 Å². The van der Waals surface area contributed by atoms with Gasteiger partial charge in [-0.15, -0.1) is 0 Å². The molecule has 0 amide bonds. The van der Waals surface area contributed by atoms with E-state index in [2.05, 4.69) is 30.7 Å². The van der Waals surface area contributed by atoms with Crippen LogP contribution >= 0.6 is 0 Å². The monoisotopic (exact) mass is 257 g/mol. The lowest BCUT2D eigenvalue weighted by Gasteiger charge is -2.10. The Bertz CT molecular complexity index is 567. The number of rotatable bonds is 4. The van der Waals surface area contributed by atoms with Crippen LogP contribution in [-0.4, -0.2) is 9.97 Å². The number of anilines is 1. The molecule has 0 radical (unpaired) electrons. The van der Waals surface area contributed by atoms with Gasteiger partial charge in [-0.3, -0.25) is 0 Å². The van der Waals surface area contributed by atoms with Crippen molar-refractivity contribution < 1.29 is 4.74 Å². The molecule has 2 rings (SSSR count). The van der Waals surface area contributed by atoms with E-state index in [4.69, 9.17) is 10.5 Å². The first-order valence-electron chi connectivity index (χ1n) is 6.48. The summed E-state index contributed by atoms with van der Waals surface area (Å²) >= 11 is 0. The average Bonchev–Trinajstić information content (AvgIpc) is 2.41. The molecule has 0 aliphatic heterocycles. The molecule has 0 spiro atoms. The molecule has 0 aliphatic rings. The summed E-state index contributed by atoms with van der Waals surface area (Å²) < 4.78 is 5.72. The van der Waals surface area contributed by atoms with E-state index in [1.54, 1.807) is 0 Å². The third kappa shape index (κ3) is 3.22. The first kappa shape index (κ1) is 13.3. The predicted octanol–water partition coefficient (Wildman–Crippen LogP) is 3.54. The average molecular weight is 257 g/mol. The quantitative estimate of drug-likeness (QED) is 0.851. The van der Waals surface area contributed by atoms with Crippen molar-refractivity contribution in [2.75, 3.05) is 5.73 Å². The minimum absolute atomic E-state index is 0.338. The highest BCUT2D eigenvalue weighted by molar-refractivity contribution is 5.55. The topological polar surface area (TPSA) is 61.0 Å². The van der Waals surface area contributed by atoms with E-state index >= 15 is 0 Å². The minimum atomic E-state index is 0.338. The van der Waals surface area contributed by atoms with Gasteiger partial charge in [0.2, 0.25) is 5.88 Å². The Morgan fingerprint density at radius 3 is 2.63 bits per heavy atom. The number of aromatic nitrogens is 2. The molecule has 1 heterocycles. The number of aryl methyl sites for hydroxylation is 1. The van der Waals surface area contributed by atoms with Crippen LogP contribution in [0.1, 0.15) is 37.9 Å². The molecule has 0 atom stereocenters. The van der Waals surface area contributed by atoms with Crippen molar-refractivity contribution in [3.8, 4) is 11.6 Å². The van der Waals surface area contributed by atoms with Crippen LogP contribution in [0.2, 0.25) is 0 Å². The lowest BCUT2D eigenvalue weighted by atomic mass is 10.1. The van der Waals surface area contributed by atoms with Crippen molar-refractivity contribution in [1.82, 2.24) is 9.97 Å². The number of benzene rings is 1. The summed E-state index contributed by atoms with van der Waals surface area (Å²) in [5.74, 6) is 1.49. The molecule has 2 aromatic rings. The number of hydrogen-bond donors (Lipinski definition) is 1. The summed E-state index contributed by atoms with van der Waals surface area (Å²) in [6.45, 7) is 6.25. The van der Waals surface area contributed by atoms with Crippen LogP contribution in [-0.2, 0) is 6.42 Å². The van der Waals surface area contributed by atoms with E-state index in [1.807, 2.05) is 24.3 Å². The molecule has 0 fully saturated rings. The van der Waals surface area contributed by atoms with Crippen molar-refractivity contribution in [3.63, 3.8) is 0 Å². The number of hydrogen-bond acceptors (Lipinski definition) is 4. The second-order valence-electron chi connectivity index (χ2n) is 4.76. The molecule has 2 N–H and O–H groups in total. The summed E-state index contributed by atoms with van der Waals surface area (Å²) in [4.78, 5) is 8.32. The first-order chi connectivity index (χ1) is 9.10. The Labute approximate surface area is 113 Å². The standard InChI is InChI=1S/C15H19N3O/c1-4-11-5-6-14(12(16)7-11)19-15-8-13(10(2)3)17-9-18-15/h5-10H,4,16H2,1-3H3. The zero-order chi connectivity index (χ0) is 13.8. The van der Waals surface area contributed by atoms with Gasteiger partial charge in [-0.05, 0) is 30.0 Å². The highest BCUT2D eigenvalue weighted by atomic mass is 16.5. The zero-order valence-electron chi connectivity index (χ0n) is 11.6. The van der Waals surface area contributed by atoms with Gasteiger partial charge in [-0.2, -0.15) is 0 Å². The molecule has 100 valence electrons. The van der Waals surface area contributed by atoms with Crippen molar-refractivity contribution in [2.45, 2.75) is 33.1 Å². The largest absolute Gasteiger partial charge is 0.437 e. The summed E-state index contributed by atoms with van der Waals surface area (Å²) in [6.07, 6.45) is 2.47. The maximum absolute atomic E-state index is 5.97. The van der Waals surface area contributed by atoms with Crippen molar-refractivity contribution in [3.05, 3.63) is 41.9 Å². The summed E-state index contributed by atoms with van der Waals surface area (Å²) in [6, 6.07) is 7.67. The van der Waals surface area contributed by atoms with Crippen molar-refractivity contribution >= 4 is 5.69 Å². The molecule has 0 aliphatic carbocycles. The molecule has 0 unspecified atom stereocenters. The molecule has 4 heteroatoms. The first-order valence-corrected chi connectivity index (χ1v) is 6.48. The van der Waals surface area contributed by atoms with Crippen molar-refractivity contribution in [1.29, 1.82) is 0 Å². The van der Waals surface area contributed by atoms with Crippen LogP contribution < -0.4 is 10.5 Å². The SMILES string of the molecule is CCc1ccc(Oc2cc(C(C)C)ncn2)c(N)c1. The second kappa shape index (κ2) is 5.69. The number of nitrogen functional groups attached to an aromatic ring is 1. The third-order valence-corrected chi connectivity index (χ3v) is 2.95. The normalized spacial score (nSPS) is 10.7. The van der Waals surface area contributed by atoms with Gasteiger partial charge < -0.3 is 10.5 Å². The molecule has 0 saturated carbocycles. The maximum atomic E-state index is 5.97. The van der Waals surface area contributed by atoms with Gasteiger partial charge in [0.1, 0.15) is 6.33 Å². The third-order valence-electron chi connectivity index (χ3n) is 2.95. The van der Waals surface area contributed by atoms with E-state index in [0.29, 0.717) is 23.2 Å². The van der Waals surface area contributed by atoms with Crippen LogP contribution in [0.25, 0.3) is 0 Å². The fourth-order valence-electron chi connectivity index (χ4n) is 1.75. The molecule has 0 bridgehead atoms. The smallest absolute Gasteiger partial charge is 0.222 e. The summed E-state index contributed by atoms with van der Waals surface area (Å²) in [5, 5.41) is 0. The lowest BCUT2D eigenvalue weighted by Crippen LogP contribution is -1.98. The molecular formula is C15H19N3O. The second-order valence-corrected chi connectivity index (χ2v) is 4.76. The van der Waals surface area contributed by atoms with Crippen LogP contribution in [0.5, 0.6) is 11.6 Å². The van der Waals surface area contributed by atoms with Gasteiger partial charge in [0.05, 0.1) is 11.4 Å². The number of nitrogens with zero attached hydrogens (tertiary/aromatic N) is 2. The molecule has 4 nitrogen and oxygen atoms in total. The molecule has 0 saturated heterocycles. The minimum Gasteiger partial charge on any atom is -0.437 e.